The van der Waals surface area contributed by atoms with Gasteiger partial charge in [-0.1, -0.05) is 45.9 Å². The van der Waals surface area contributed by atoms with Gasteiger partial charge in [0.15, 0.2) is 6.79 Å². The Morgan fingerprint density at radius 2 is 2.24 bits per heavy atom. The zero-order chi connectivity index (χ0) is 18.2. The summed E-state index contributed by atoms with van der Waals surface area (Å²) in [7, 11) is 0. The molecule has 5 heteroatoms. The molecular weight excluding hydrogens is 318 g/mol. The molecule has 0 aromatic rings. The Morgan fingerprint density at radius 1 is 1.44 bits per heavy atom. The van der Waals surface area contributed by atoms with E-state index in [1.165, 1.54) is 6.42 Å². The van der Waals surface area contributed by atoms with E-state index in [4.69, 9.17) is 14.2 Å². The van der Waals surface area contributed by atoms with Crippen LogP contribution >= 0.6 is 0 Å². The predicted octanol–water partition coefficient (Wildman–Crippen LogP) is 4.17. The Labute approximate surface area is 151 Å². The van der Waals surface area contributed by atoms with Crippen LogP contribution in [-0.4, -0.2) is 32.1 Å². The van der Waals surface area contributed by atoms with Crippen LogP contribution in [0.1, 0.15) is 40.0 Å². The summed E-state index contributed by atoms with van der Waals surface area (Å²) in [5.74, 6) is 2.32. The molecule has 1 aliphatic carbocycles. The summed E-state index contributed by atoms with van der Waals surface area (Å²) in [4.78, 5) is 12.3. The molecule has 1 heterocycles. The number of carbonyl (C=O) groups is 1. The lowest BCUT2D eigenvalue weighted by molar-refractivity contribution is 0.00654. The van der Waals surface area contributed by atoms with Crippen LogP contribution in [0.15, 0.2) is 36.1 Å². The van der Waals surface area contributed by atoms with Crippen molar-refractivity contribution in [1.82, 2.24) is 5.32 Å². The molecule has 1 saturated heterocycles. The Morgan fingerprint density at radius 3 is 2.88 bits per heavy atom. The molecule has 3 atom stereocenters. The molecule has 140 valence electrons. The van der Waals surface area contributed by atoms with Crippen LogP contribution in [0.3, 0.4) is 0 Å². The van der Waals surface area contributed by atoms with Gasteiger partial charge >= 0.3 is 6.09 Å². The summed E-state index contributed by atoms with van der Waals surface area (Å²) in [6, 6.07) is 0. The predicted molar refractivity (Wildman–Crippen MR) is 97.9 cm³/mol. The lowest BCUT2D eigenvalue weighted by Crippen LogP contribution is -2.39. The summed E-state index contributed by atoms with van der Waals surface area (Å²) in [6.07, 6.45) is 8.33. The van der Waals surface area contributed by atoms with Gasteiger partial charge in [0.1, 0.15) is 18.5 Å². The van der Waals surface area contributed by atoms with Crippen LogP contribution in [0.2, 0.25) is 0 Å². The first-order chi connectivity index (χ1) is 12.0. The molecule has 0 radical (unpaired) electrons. The summed E-state index contributed by atoms with van der Waals surface area (Å²) in [5.41, 5.74) is 0.893. The van der Waals surface area contributed by atoms with Crippen LogP contribution < -0.4 is 5.32 Å². The number of carbonyl (C=O) groups excluding carboxylic acids is 1. The third-order valence-corrected chi connectivity index (χ3v) is 4.91. The van der Waals surface area contributed by atoms with Gasteiger partial charge in [-0.15, -0.1) is 0 Å². The molecule has 1 saturated carbocycles. The van der Waals surface area contributed by atoms with Crippen molar-refractivity contribution in [2.45, 2.75) is 46.1 Å². The number of hydrogen-bond acceptors (Lipinski definition) is 4. The second-order valence-corrected chi connectivity index (χ2v) is 7.32. The first kappa shape index (κ1) is 19.6. The van der Waals surface area contributed by atoms with Gasteiger partial charge in [-0.2, -0.15) is 0 Å². The van der Waals surface area contributed by atoms with Crippen molar-refractivity contribution in [3.05, 3.63) is 36.1 Å². The minimum absolute atomic E-state index is 0.000467. The Hall–Kier alpha value is -1.75. The summed E-state index contributed by atoms with van der Waals surface area (Å²) < 4.78 is 16.2. The average molecular weight is 349 g/mol. The van der Waals surface area contributed by atoms with Gasteiger partial charge in [0.2, 0.25) is 0 Å². The van der Waals surface area contributed by atoms with E-state index in [0.717, 1.165) is 24.2 Å². The van der Waals surface area contributed by atoms with Crippen molar-refractivity contribution >= 4 is 6.09 Å². The number of amides is 1. The first-order valence-electron chi connectivity index (χ1n) is 9.16. The third-order valence-electron chi connectivity index (χ3n) is 4.91. The zero-order valence-electron chi connectivity index (χ0n) is 15.6. The molecule has 0 bridgehead atoms. The maximum Gasteiger partial charge on any atom is 0.407 e. The smallest absolute Gasteiger partial charge is 0.407 e. The molecule has 5 nitrogen and oxygen atoms in total. The molecule has 2 aliphatic rings. The second-order valence-electron chi connectivity index (χ2n) is 7.32. The normalized spacial score (nSPS) is 28.7. The van der Waals surface area contributed by atoms with E-state index >= 15 is 0 Å². The molecule has 2 fully saturated rings. The fraction of sp³-hybridized carbons (Fsp3) is 0.650. The number of allylic oxidation sites excluding steroid dienone is 2. The summed E-state index contributed by atoms with van der Waals surface area (Å²) in [6.45, 7) is 11.4. The quantitative estimate of drug-likeness (QED) is 0.731. The number of hydrogen-bond donors (Lipinski definition) is 1. The van der Waals surface area contributed by atoms with Crippen molar-refractivity contribution in [1.29, 1.82) is 0 Å². The monoisotopic (exact) mass is 349 g/mol. The van der Waals surface area contributed by atoms with Gasteiger partial charge in [0.25, 0.3) is 0 Å². The number of alkyl carbamates (subject to hydrolysis) is 1. The zero-order valence-corrected chi connectivity index (χ0v) is 15.6. The highest BCUT2D eigenvalue weighted by atomic mass is 16.7. The van der Waals surface area contributed by atoms with Crippen LogP contribution in [0.4, 0.5) is 4.79 Å². The standard InChI is InChI=1S/C20H31NO4/c1-5-6-16(10-17-12-23-13-24-17)11-21-20(22)25-19-9-15(4)7-8-18(19)14(2)3/h5-6,10,14-15,18-19H,1,7-9,11-13H2,2-4H3,(H,21,22)/b16-6+,17-10+. The highest BCUT2D eigenvalue weighted by molar-refractivity contribution is 5.68. The van der Waals surface area contributed by atoms with Crippen LogP contribution in [0.5, 0.6) is 0 Å². The number of rotatable bonds is 6. The number of ether oxygens (including phenoxy) is 3. The van der Waals surface area contributed by atoms with Crippen molar-refractivity contribution in [3.8, 4) is 0 Å². The molecule has 0 spiro atoms. The van der Waals surface area contributed by atoms with Crippen molar-refractivity contribution in [2.75, 3.05) is 19.9 Å². The van der Waals surface area contributed by atoms with E-state index in [1.54, 1.807) is 6.08 Å². The summed E-state index contributed by atoms with van der Waals surface area (Å²) in [5, 5.41) is 2.84. The van der Waals surface area contributed by atoms with Gasteiger partial charge in [-0.3, -0.25) is 0 Å². The molecule has 0 aromatic heterocycles. The van der Waals surface area contributed by atoms with Crippen molar-refractivity contribution in [3.63, 3.8) is 0 Å². The molecule has 0 aromatic carbocycles. The van der Waals surface area contributed by atoms with E-state index in [9.17, 15) is 4.79 Å². The van der Waals surface area contributed by atoms with Crippen LogP contribution in [0, 0.1) is 17.8 Å². The van der Waals surface area contributed by atoms with E-state index in [2.05, 4.69) is 32.7 Å². The lowest BCUT2D eigenvalue weighted by Gasteiger charge is -2.36. The first-order valence-corrected chi connectivity index (χ1v) is 9.16. The minimum Gasteiger partial charge on any atom is -0.469 e. The molecular formula is C20H31NO4. The maximum atomic E-state index is 12.3. The molecule has 1 aliphatic heterocycles. The topological polar surface area (TPSA) is 56.8 Å². The maximum absolute atomic E-state index is 12.3. The highest BCUT2D eigenvalue weighted by Crippen LogP contribution is 2.35. The van der Waals surface area contributed by atoms with Gasteiger partial charge < -0.3 is 19.5 Å². The minimum atomic E-state index is -0.360. The van der Waals surface area contributed by atoms with E-state index in [0.29, 0.717) is 30.9 Å². The van der Waals surface area contributed by atoms with E-state index in [-0.39, 0.29) is 19.0 Å². The Bertz CT molecular complexity index is 516. The SMILES string of the molecule is C=C/C=C(\C=C1/COCO1)CNC(=O)OC1CC(C)CCC1C(C)C. The van der Waals surface area contributed by atoms with Crippen LogP contribution in [0.25, 0.3) is 0 Å². The number of nitrogens with one attached hydrogen (secondary N) is 1. The fourth-order valence-corrected chi connectivity index (χ4v) is 3.50. The van der Waals surface area contributed by atoms with E-state index < -0.39 is 0 Å². The molecule has 25 heavy (non-hydrogen) atoms. The van der Waals surface area contributed by atoms with Gasteiger partial charge in [0.05, 0.1) is 0 Å². The largest absolute Gasteiger partial charge is 0.469 e. The molecule has 2 rings (SSSR count). The Kier molecular flexibility index (Phi) is 7.56. The van der Waals surface area contributed by atoms with Crippen molar-refractivity contribution < 1.29 is 19.0 Å². The summed E-state index contributed by atoms with van der Waals surface area (Å²) >= 11 is 0. The highest BCUT2D eigenvalue weighted by Gasteiger charge is 2.33. The van der Waals surface area contributed by atoms with Gasteiger partial charge in [-0.25, -0.2) is 4.79 Å². The van der Waals surface area contributed by atoms with E-state index in [1.807, 2.05) is 12.2 Å². The molecule has 1 amide bonds. The Balaban J connectivity index is 1.88. The van der Waals surface area contributed by atoms with Gasteiger partial charge in [0, 0.05) is 6.54 Å². The second kappa shape index (κ2) is 9.66. The van der Waals surface area contributed by atoms with Crippen molar-refractivity contribution in [2.24, 2.45) is 17.8 Å². The molecule has 1 N–H and O–H groups in total. The third kappa shape index (κ3) is 6.24. The fourth-order valence-electron chi connectivity index (χ4n) is 3.50. The lowest BCUT2D eigenvalue weighted by atomic mass is 9.75. The molecule has 3 unspecified atom stereocenters. The average Bonchev–Trinajstić information content (AvgIpc) is 3.05. The van der Waals surface area contributed by atoms with Crippen LogP contribution in [-0.2, 0) is 14.2 Å². The van der Waals surface area contributed by atoms with Gasteiger partial charge in [-0.05, 0) is 42.2 Å².